The molecule has 1 N–H and O–H groups in total. The maximum atomic E-state index is 15.0. The number of Topliss-reactive ketones (excluding diaryl/α,β-unsaturated/α-hetero) is 1. The Morgan fingerprint density at radius 2 is 1.70 bits per heavy atom. The molecule has 0 spiro atoms. The van der Waals surface area contributed by atoms with E-state index in [-0.39, 0.29) is 28.2 Å². The first-order valence-corrected chi connectivity index (χ1v) is 10.8. The number of nitrogens with zero attached hydrogens (tertiary/aromatic N) is 2. The second-order valence-corrected chi connectivity index (χ2v) is 9.22. The molecule has 0 radical (unpaired) electrons. The smallest absolute Gasteiger partial charge is 0.348 e. The van der Waals surface area contributed by atoms with Crippen LogP contribution in [0, 0.1) is 0 Å². The van der Waals surface area contributed by atoms with Crippen LogP contribution in [0.4, 0.5) is 30.4 Å². The molecule has 0 amide bonds. The maximum Gasteiger partial charge on any atom is 0.438 e. The van der Waals surface area contributed by atoms with Gasteiger partial charge in [-0.05, 0) is 59.4 Å². The van der Waals surface area contributed by atoms with E-state index in [0.717, 1.165) is 16.0 Å². The summed E-state index contributed by atoms with van der Waals surface area (Å²) in [6, 6.07) is 16.3. The molecule has 1 aliphatic rings. The van der Waals surface area contributed by atoms with E-state index in [2.05, 4.69) is 10.3 Å². The normalized spacial score (nSPS) is 18.4. The van der Waals surface area contributed by atoms with Crippen molar-refractivity contribution in [2.45, 2.75) is 51.4 Å². The molecule has 0 bridgehead atoms. The van der Waals surface area contributed by atoms with E-state index in [1.807, 2.05) is 27.7 Å². The lowest BCUT2D eigenvalue weighted by Gasteiger charge is -2.40. The van der Waals surface area contributed by atoms with Crippen LogP contribution >= 0.6 is 0 Å². The van der Waals surface area contributed by atoms with Crippen molar-refractivity contribution in [2.24, 2.45) is 0 Å². The number of ketones is 1. The number of alkyl halides is 3. The number of pyridine rings is 1. The number of aromatic nitrogens is 1. The van der Waals surface area contributed by atoms with Gasteiger partial charge in [0.1, 0.15) is 5.82 Å². The standard InChI is InChI=1S/C26H26F3N3O/c1-5-17-9-14-21-20(16-17)23(33)25(26(27,28)29,32(21)22-8-6-7-15-30-22)31-19-12-10-18(11-13-19)24(2,3)4/h6-16,31H,5H2,1-4H3. The Kier molecular flexibility index (Phi) is 5.47. The summed E-state index contributed by atoms with van der Waals surface area (Å²) in [5, 5.41) is 2.57. The van der Waals surface area contributed by atoms with E-state index < -0.39 is 17.6 Å². The molecule has 33 heavy (non-hydrogen) atoms. The van der Waals surface area contributed by atoms with Gasteiger partial charge in [-0.2, -0.15) is 13.2 Å². The predicted octanol–water partition coefficient (Wildman–Crippen LogP) is 6.65. The molecular weight excluding hydrogens is 427 g/mol. The summed E-state index contributed by atoms with van der Waals surface area (Å²) in [6.45, 7) is 7.97. The van der Waals surface area contributed by atoms with E-state index in [1.54, 1.807) is 54.6 Å². The van der Waals surface area contributed by atoms with Crippen LogP contribution in [-0.2, 0) is 11.8 Å². The lowest BCUT2D eigenvalue weighted by molar-refractivity contribution is -0.161. The van der Waals surface area contributed by atoms with Gasteiger partial charge in [0.15, 0.2) is 0 Å². The van der Waals surface area contributed by atoms with Gasteiger partial charge in [-0.25, -0.2) is 4.98 Å². The minimum atomic E-state index is -4.95. The van der Waals surface area contributed by atoms with Gasteiger partial charge in [-0.1, -0.05) is 52.0 Å². The van der Waals surface area contributed by atoms with Crippen molar-refractivity contribution in [1.82, 2.24) is 4.98 Å². The van der Waals surface area contributed by atoms with Crippen LogP contribution in [0.1, 0.15) is 49.2 Å². The van der Waals surface area contributed by atoms with E-state index in [4.69, 9.17) is 0 Å². The molecule has 1 unspecified atom stereocenters. The van der Waals surface area contributed by atoms with Crippen molar-refractivity contribution in [3.05, 3.63) is 83.6 Å². The van der Waals surface area contributed by atoms with E-state index in [0.29, 0.717) is 6.42 Å². The van der Waals surface area contributed by atoms with Gasteiger partial charge in [-0.15, -0.1) is 0 Å². The summed E-state index contributed by atoms with van der Waals surface area (Å²) in [7, 11) is 0. The summed E-state index contributed by atoms with van der Waals surface area (Å²) >= 11 is 0. The topological polar surface area (TPSA) is 45.2 Å². The Balaban J connectivity index is 1.92. The number of nitrogens with one attached hydrogen (secondary N) is 1. The highest BCUT2D eigenvalue weighted by Gasteiger charge is 2.69. The second kappa shape index (κ2) is 7.90. The monoisotopic (exact) mass is 453 g/mol. The number of benzene rings is 2. The largest absolute Gasteiger partial charge is 0.438 e. The SMILES string of the molecule is CCc1ccc2c(c1)C(=O)C(Nc1ccc(C(C)(C)C)cc1)(C(F)(F)F)N2c1ccccn1. The number of rotatable bonds is 4. The van der Waals surface area contributed by atoms with Gasteiger partial charge >= 0.3 is 6.18 Å². The molecule has 3 aromatic rings. The molecule has 1 atom stereocenters. The molecule has 4 nitrogen and oxygen atoms in total. The molecule has 0 aliphatic carbocycles. The van der Waals surface area contributed by atoms with Crippen LogP contribution < -0.4 is 10.2 Å². The fraction of sp³-hybridized carbons (Fsp3) is 0.308. The van der Waals surface area contributed by atoms with Crippen LogP contribution in [0.5, 0.6) is 0 Å². The number of hydrogen-bond donors (Lipinski definition) is 1. The number of halogens is 3. The van der Waals surface area contributed by atoms with E-state index in [1.165, 1.54) is 12.3 Å². The van der Waals surface area contributed by atoms with Crippen LogP contribution in [0.2, 0.25) is 0 Å². The van der Waals surface area contributed by atoms with Crippen LogP contribution in [0.15, 0.2) is 66.9 Å². The minimum Gasteiger partial charge on any atom is -0.348 e. The van der Waals surface area contributed by atoms with Gasteiger partial charge in [0, 0.05) is 17.4 Å². The first-order valence-electron chi connectivity index (χ1n) is 10.8. The molecule has 1 aromatic heterocycles. The molecule has 0 saturated heterocycles. The maximum absolute atomic E-state index is 15.0. The molecule has 7 heteroatoms. The highest BCUT2D eigenvalue weighted by molar-refractivity contribution is 6.17. The predicted molar refractivity (Wildman–Crippen MR) is 124 cm³/mol. The number of hydrogen-bond acceptors (Lipinski definition) is 4. The number of aryl methyl sites for hydroxylation is 1. The molecule has 0 fully saturated rings. The molecular formula is C26H26F3N3O. The van der Waals surface area contributed by atoms with Gasteiger partial charge in [0.2, 0.25) is 5.78 Å². The first kappa shape index (κ1) is 22.8. The van der Waals surface area contributed by atoms with Crippen molar-refractivity contribution < 1.29 is 18.0 Å². The summed E-state index contributed by atoms with van der Waals surface area (Å²) in [6.07, 6.45) is -2.93. The van der Waals surface area contributed by atoms with Crippen LogP contribution in [-0.4, -0.2) is 22.6 Å². The number of fused-ring (bicyclic) bond motifs is 1. The lowest BCUT2D eigenvalue weighted by atomic mass is 9.87. The van der Waals surface area contributed by atoms with Crippen molar-refractivity contribution in [1.29, 1.82) is 0 Å². The third kappa shape index (κ3) is 3.75. The van der Waals surface area contributed by atoms with Crippen LogP contribution in [0.25, 0.3) is 0 Å². The number of anilines is 3. The number of carbonyl (C=O) groups excluding carboxylic acids is 1. The van der Waals surface area contributed by atoms with Crippen LogP contribution in [0.3, 0.4) is 0 Å². The Bertz CT molecular complexity index is 1170. The van der Waals surface area contributed by atoms with Gasteiger partial charge in [-0.3, -0.25) is 9.69 Å². The molecule has 172 valence electrons. The summed E-state index contributed by atoms with van der Waals surface area (Å²) in [5.41, 5.74) is -1.03. The molecule has 2 aromatic carbocycles. The van der Waals surface area contributed by atoms with Crippen molar-refractivity contribution in [3.8, 4) is 0 Å². The van der Waals surface area contributed by atoms with Crippen molar-refractivity contribution in [2.75, 3.05) is 10.2 Å². The summed E-state index contributed by atoms with van der Waals surface area (Å²) in [4.78, 5) is 18.7. The van der Waals surface area contributed by atoms with Crippen molar-refractivity contribution in [3.63, 3.8) is 0 Å². The third-order valence-corrected chi connectivity index (χ3v) is 5.98. The number of carbonyl (C=O) groups is 1. The highest BCUT2D eigenvalue weighted by atomic mass is 19.4. The molecule has 1 aliphatic heterocycles. The Morgan fingerprint density at radius 3 is 2.24 bits per heavy atom. The Labute approximate surface area is 191 Å². The average Bonchev–Trinajstić information content (AvgIpc) is 3.02. The summed E-state index contributed by atoms with van der Waals surface area (Å²) in [5.74, 6) is -1.02. The van der Waals surface area contributed by atoms with E-state index in [9.17, 15) is 18.0 Å². The Hall–Kier alpha value is -3.35. The molecule has 2 heterocycles. The molecule has 0 saturated carbocycles. The van der Waals surface area contributed by atoms with Gasteiger partial charge in [0.25, 0.3) is 5.66 Å². The van der Waals surface area contributed by atoms with Gasteiger partial charge in [0.05, 0.1) is 5.69 Å². The van der Waals surface area contributed by atoms with Gasteiger partial charge < -0.3 is 5.32 Å². The fourth-order valence-electron chi connectivity index (χ4n) is 4.14. The second-order valence-electron chi connectivity index (χ2n) is 9.22. The zero-order valence-electron chi connectivity index (χ0n) is 19.0. The minimum absolute atomic E-state index is 0.0242. The highest BCUT2D eigenvalue weighted by Crippen LogP contribution is 2.51. The first-order chi connectivity index (χ1) is 15.5. The Morgan fingerprint density at radius 1 is 1.00 bits per heavy atom. The lowest BCUT2D eigenvalue weighted by Crippen LogP contribution is -2.65. The van der Waals surface area contributed by atoms with Crippen molar-refractivity contribution >= 4 is 23.0 Å². The quantitative estimate of drug-likeness (QED) is 0.481. The fourth-order valence-corrected chi connectivity index (χ4v) is 4.14. The average molecular weight is 454 g/mol. The van der Waals surface area contributed by atoms with E-state index >= 15 is 0 Å². The zero-order chi connectivity index (χ0) is 24.0. The molecule has 4 rings (SSSR count). The zero-order valence-corrected chi connectivity index (χ0v) is 19.0. The third-order valence-electron chi connectivity index (χ3n) is 5.98. The summed E-state index contributed by atoms with van der Waals surface area (Å²) < 4.78 is 44.9.